The van der Waals surface area contributed by atoms with Crippen molar-refractivity contribution in [2.24, 2.45) is 0 Å². The van der Waals surface area contributed by atoms with Gasteiger partial charge in [0.25, 0.3) is 0 Å². The third-order valence-corrected chi connectivity index (χ3v) is 4.16. The van der Waals surface area contributed by atoms with Crippen molar-refractivity contribution in [1.82, 2.24) is 25.5 Å². The second-order valence-corrected chi connectivity index (χ2v) is 6.44. The van der Waals surface area contributed by atoms with Gasteiger partial charge in [-0.1, -0.05) is 24.3 Å². The van der Waals surface area contributed by atoms with E-state index < -0.39 is 0 Å². The zero-order chi connectivity index (χ0) is 19.2. The summed E-state index contributed by atoms with van der Waals surface area (Å²) in [7, 11) is 1.94. The van der Waals surface area contributed by atoms with Crippen molar-refractivity contribution >= 4 is 11.6 Å². The molecule has 0 unspecified atom stereocenters. The highest BCUT2D eigenvalue weighted by atomic mass is 19.1. The summed E-state index contributed by atoms with van der Waals surface area (Å²) in [6.45, 7) is 2.94. The lowest BCUT2D eigenvalue weighted by atomic mass is 10.1. The van der Waals surface area contributed by atoms with Gasteiger partial charge in [-0.05, 0) is 48.5 Å². The van der Waals surface area contributed by atoms with Gasteiger partial charge in [0.15, 0.2) is 0 Å². The van der Waals surface area contributed by atoms with Gasteiger partial charge in [0.05, 0.1) is 0 Å². The largest absolute Gasteiger partial charge is 0.326 e. The van der Waals surface area contributed by atoms with E-state index in [1.165, 1.54) is 6.07 Å². The van der Waals surface area contributed by atoms with Gasteiger partial charge in [-0.3, -0.25) is 4.79 Å². The topological polar surface area (TPSA) is 86.8 Å². The number of aryl methyl sites for hydroxylation is 1. The van der Waals surface area contributed by atoms with Gasteiger partial charge in [-0.25, -0.2) is 4.39 Å². The van der Waals surface area contributed by atoms with Gasteiger partial charge < -0.3 is 10.2 Å². The molecule has 0 saturated carbocycles. The third-order valence-electron chi connectivity index (χ3n) is 4.16. The van der Waals surface area contributed by atoms with Crippen LogP contribution < -0.4 is 5.32 Å². The quantitative estimate of drug-likeness (QED) is 0.670. The Morgan fingerprint density at radius 1 is 1.26 bits per heavy atom. The lowest BCUT2D eigenvalue weighted by molar-refractivity contribution is -0.116. The van der Waals surface area contributed by atoms with Crippen LogP contribution in [0.2, 0.25) is 0 Å². The summed E-state index contributed by atoms with van der Waals surface area (Å²) >= 11 is 0. The first-order chi connectivity index (χ1) is 13.0. The average molecular weight is 368 g/mol. The Balaban J connectivity index is 1.50. The summed E-state index contributed by atoms with van der Waals surface area (Å²) in [5.74, 6) is 0.0706. The van der Waals surface area contributed by atoms with Crippen molar-refractivity contribution in [3.05, 3.63) is 59.4 Å². The Morgan fingerprint density at radius 2 is 2.11 bits per heavy atom. The number of nitrogens with zero attached hydrogens (tertiary/aromatic N) is 4. The monoisotopic (exact) mass is 368 g/mol. The molecule has 27 heavy (non-hydrogen) atoms. The number of aromatic amines is 1. The van der Waals surface area contributed by atoms with Crippen LogP contribution in [-0.2, 0) is 11.3 Å². The Hall–Kier alpha value is -3.13. The second kappa shape index (κ2) is 8.50. The number of carbonyl (C=O) groups excluding carboxylic acids is 1. The van der Waals surface area contributed by atoms with E-state index in [1.807, 2.05) is 36.2 Å². The number of hydrogen-bond acceptors (Lipinski definition) is 5. The van der Waals surface area contributed by atoms with E-state index in [4.69, 9.17) is 0 Å². The summed E-state index contributed by atoms with van der Waals surface area (Å²) in [5.41, 5.74) is 2.99. The Morgan fingerprint density at radius 3 is 2.85 bits per heavy atom. The molecule has 0 spiro atoms. The fourth-order valence-corrected chi connectivity index (χ4v) is 2.67. The molecular formula is C19H21FN6O. The summed E-state index contributed by atoms with van der Waals surface area (Å²) in [6.07, 6.45) is 0.316. The Labute approximate surface area is 156 Å². The Kier molecular flexibility index (Phi) is 5.87. The number of hydrogen-bond donors (Lipinski definition) is 2. The molecule has 0 atom stereocenters. The maximum absolute atomic E-state index is 13.5. The summed E-state index contributed by atoms with van der Waals surface area (Å²) in [5, 5.41) is 16.7. The van der Waals surface area contributed by atoms with Gasteiger partial charge in [0.1, 0.15) is 5.82 Å². The van der Waals surface area contributed by atoms with E-state index in [2.05, 4.69) is 25.9 Å². The number of amides is 1. The van der Waals surface area contributed by atoms with Crippen molar-refractivity contribution in [1.29, 1.82) is 0 Å². The maximum atomic E-state index is 13.5. The fraction of sp³-hybridized carbons (Fsp3) is 0.263. The molecule has 3 rings (SSSR count). The maximum Gasteiger partial charge on any atom is 0.225 e. The fourth-order valence-electron chi connectivity index (χ4n) is 2.67. The molecule has 8 heteroatoms. The molecule has 2 aromatic carbocycles. The number of anilines is 1. The zero-order valence-electron chi connectivity index (χ0n) is 15.2. The first-order valence-corrected chi connectivity index (χ1v) is 8.58. The van der Waals surface area contributed by atoms with Gasteiger partial charge in [0, 0.05) is 30.8 Å². The third kappa shape index (κ3) is 5.18. The van der Waals surface area contributed by atoms with Gasteiger partial charge in [-0.2, -0.15) is 5.21 Å². The van der Waals surface area contributed by atoms with Crippen molar-refractivity contribution in [3.63, 3.8) is 0 Å². The van der Waals surface area contributed by atoms with Crippen LogP contribution >= 0.6 is 0 Å². The molecule has 1 aromatic heterocycles. The van der Waals surface area contributed by atoms with Crippen molar-refractivity contribution in [2.45, 2.75) is 19.9 Å². The zero-order valence-corrected chi connectivity index (χ0v) is 15.2. The van der Waals surface area contributed by atoms with Crippen LogP contribution in [0.4, 0.5) is 10.1 Å². The minimum Gasteiger partial charge on any atom is -0.326 e. The molecule has 0 fully saturated rings. The second-order valence-electron chi connectivity index (χ2n) is 6.44. The van der Waals surface area contributed by atoms with Crippen molar-refractivity contribution in [2.75, 3.05) is 18.9 Å². The lowest BCUT2D eigenvalue weighted by Crippen LogP contribution is -2.24. The SMILES string of the molecule is Cc1ccc(NC(=O)CCN(C)Cc2cccc(-c3nn[nH]n3)c2)cc1F. The van der Waals surface area contributed by atoms with Gasteiger partial charge in [-0.15, -0.1) is 10.2 Å². The van der Waals surface area contributed by atoms with E-state index in [1.54, 1.807) is 19.1 Å². The predicted molar refractivity (Wildman–Crippen MR) is 100 cm³/mol. The molecule has 1 amide bonds. The first-order valence-electron chi connectivity index (χ1n) is 8.58. The number of benzene rings is 2. The molecule has 140 valence electrons. The average Bonchev–Trinajstić information content (AvgIpc) is 3.18. The first kappa shape index (κ1) is 18.7. The Bertz CT molecular complexity index is 912. The van der Waals surface area contributed by atoms with Gasteiger partial charge in [0.2, 0.25) is 11.7 Å². The summed E-state index contributed by atoms with van der Waals surface area (Å²) < 4.78 is 13.5. The normalized spacial score (nSPS) is 11.0. The predicted octanol–water partition coefficient (Wildman–Crippen LogP) is 2.77. The molecule has 3 aromatic rings. The van der Waals surface area contributed by atoms with Gasteiger partial charge >= 0.3 is 0 Å². The molecule has 0 saturated heterocycles. The number of halogens is 1. The molecule has 2 N–H and O–H groups in total. The van der Waals surface area contributed by atoms with E-state index in [9.17, 15) is 9.18 Å². The number of nitrogens with one attached hydrogen (secondary N) is 2. The smallest absolute Gasteiger partial charge is 0.225 e. The van der Waals surface area contributed by atoms with Crippen LogP contribution in [0.15, 0.2) is 42.5 Å². The molecular weight excluding hydrogens is 347 g/mol. The number of aromatic nitrogens is 4. The van der Waals surface area contributed by atoms with Crippen molar-refractivity contribution in [3.8, 4) is 11.4 Å². The van der Waals surface area contributed by atoms with E-state index in [0.29, 0.717) is 36.6 Å². The van der Waals surface area contributed by atoms with Crippen LogP contribution in [-0.4, -0.2) is 45.0 Å². The van der Waals surface area contributed by atoms with E-state index in [-0.39, 0.29) is 11.7 Å². The van der Waals surface area contributed by atoms with Crippen LogP contribution in [0.5, 0.6) is 0 Å². The van der Waals surface area contributed by atoms with E-state index in [0.717, 1.165) is 11.1 Å². The summed E-state index contributed by atoms with van der Waals surface area (Å²) in [6, 6.07) is 12.5. The number of tetrazole rings is 1. The van der Waals surface area contributed by atoms with Crippen molar-refractivity contribution < 1.29 is 9.18 Å². The number of rotatable bonds is 7. The number of carbonyl (C=O) groups is 1. The van der Waals surface area contributed by atoms with Crippen LogP contribution in [0, 0.1) is 12.7 Å². The van der Waals surface area contributed by atoms with Crippen LogP contribution in [0.3, 0.4) is 0 Å². The molecule has 7 nitrogen and oxygen atoms in total. The highest BCUT2D eigenvalue weighted by Crippen LogP contribution is 2.16. The highest BCUT2D eigenvalue weighted by Gasteiger charge is 2.09. The molecule has 0 aliphatic rings. The molecule has 0 aliphatic heterocycles. The molecule has 0 radical (unpaired) electrons. The number of H-pyrrole nitrogens is 1. The minimum atomic E-state index is -0.327. The van der Waals surface area contributed by atoms with Crippen LogP contribution in [0.25, 0.3) is 11.4 Å². The summed E-state index contributed by atoms with van der Waals surface area (Å²) in [4.78, 5) is 14.1. The molecule has 0 aliphatic carbocycles. The van der Waals surface area contributed by atoms with Crippen LogP contribution in [0.1, 0.15) is 17.5 Å². The standard InChI is InChI=1S/C19H21FN6O/c1-13-6-7-16(11-17(13)20)21-18(27)8-9-26(2)12-14-4-3-5-15(10-14)19-22-24-25-23-19/h3-7,10-11H,8-9,12H2,1-2H3,(H,21,27)(H,22,23,24,25). The highest BCUT2D eigenvalue weighted by molar-refractivity contribution is 5.90. The van der Waals surface area contributed by atoms with E-state index >= 15 is 0 Å². The lowest BCUT2D eigenvalue weighted by Gasteiger charge is -2.17. The molecule has 1 heterocycles. The minimum absolute atomic E-state index is 0.148. The molecule has 0 bridgehead atoms.